The Balaban J connectivity index is 2.27. The number of ether oxygens (including phenoxy) is 1. The van der Waals surface area contributed by atoms with E-state index in [9.17, 15) is 14.4 Å². The molecule has 0 aromatic heterocycles. The number of carbonyl (C=O) groups excluding carboxylic acids is 3. The lowest BCUT2D eigenvalue weighted by Gasteiger charge is -2.32. The Labute approximate surface area is 173 Å². The molecule has 1 saturated heterocycles. The Morgan fingerprint density at radius 3 is 2.59 bits per heavy atom. The van der Waals surface area contributed by atoms with Gasteiger partial charge in [-0.3, -0.25) is 14.4 Å². The normalized spacial score (nSPS) is 28.3. The van der Waals surface area contributed by atoms with E-state index in [1.807, 2.05) is 19.1 Å². The lowest BCUT2D eigenvalue weighted by atomic mass is 9.70. The smallest absolute Gasteiger partial charge is 0.310 e. The number of rotatable bonds is 11. The van der Waals surface area contributed by atoms with Crippen LogP contribution >= 0.6 is 0 Å². The number of unbranched alkanes of at least 4 members (excludes halogenated alkanes) is 3. The van der Waals surface area contributed by atoms with Gasteiger partial charge in [0, 0.05) is 25.6 Å². The van der Waals surface area contributed by atoms with Crippen LogP contribution in [0.15, 0.2) is 12.2 Å². The van der Waals surface area contributed by atoms with Crippen LogP contribution in [0.1, 0.15) is 52.9 Å². The van der Waals surface area contributed by atoms with E-state index in [2.05, 4.69) is 12.2 Å². The van der Waals surface area contributed by atoms with Crippen molar-refractivity contribution >= 4 is 17.8 Å². The number of esters is 1. The van der Waals surface area contributed by atoms with Crippen LogP contribution in [0.4, 0.5) is 0 Å². The molecular formula is C22H36N2O5. The van der Waals surface area contributed by atoms with Crippen molar-refractivity contribution in [3.8, 4) is 0 Å². The maximum Gasteiger partial charge on any atom is 0.310 e. The summed E-state index contributed by atoms with van der Waals surface area (Å²) in [7, 11) is 0. The highest BCUT2D eigenvalue weighted by Crippen LogP contribution is 2.44. The van der Waals surface area contributed by atoms with Crippen molar-refractivity contribution in [2.75, 3.05) is 26.3 Å². The summed E-state index contributed by atoms with van der Waals surface area (Å²) in [5.41, 5.74) is 0. The van der Waals surface area contributed by atoms with Crippen molar-refractivity contribution in [2.45, 2.75) is 58.9 Å². The number of nitrogens with one attached hydrogen (secondary N) is 1. The van der Waals surface area contributed by atoms with Gasteiger partial charge in [0.15, 0.2) is 0 Å². The van der Waals surface area contributed by atoms with E-state index in [1.165, 1.54) is 0 Å². The molecule has 29 heavy (non-hydrogen) atoms. The summed E-state index contributed by atoms with van der Waals surface area (Å²) in [6.07, 6.45) is 7.92. The second-order valence-electron chi connectivity index (χ2n) is 8.03. The fourth-order valence-electron chi connectivity index (χ4n) is 4.49. The number of aliphatic hydroxyl groups excluding tert-OH is 1. The summed E-state index contributed by atoms with van der Waals surface area (Å²) in [5, 5.41) is 12.0. The number of nitrogens with zero attached hydrogens (tertiary/aromatic N) is 1. The zero-order chi connectivity index (χ0) is 21.4. The van der Waals surface area contributed by atoms with E-state index < -0.39 is 17.9 Å². The molecule has 0 spiro atoms. The first-order valence-electron chi connectivity index (χ1n) is 11.0. The SMILES string of the molecule is CCCCNC(=O)[C@@H]1[C@H]2C=C[C@@H](C)[C@@H](C(=O)OCC)[C@@H]2C(=O)N1CCCCCO. The molecule has 7 nitrogen and oxygen atoms in total. The molecule has 0 aromatic rings. The van der Waals surface area contributed by atoms with Crippen LogP contribution in [0.2, 0.25) is 0 Å². The number of fused-ring (bicyclic) bond motifs is 1. The van der Waals surface area contributed by atoms with Gasteiger partial charge in [-0.15, -0.1) is 0 Å². The Morgan fingerprint density at radius 1 is 1.17 bits per heavy atom. The molecule has 1 heterocycles. The molecule has 0 saturated carbocycles. The van der Waals surface area contributed by atoms with Gasteiger partial charge in [-0.25, -0.2) is 0 Å². The quantitative estimate of drug-likeness (QED) is 0.309. The van der Waals surface area contributed by atoms with Crippen molar-refractivity contribution in [3.05, 3.63) is 12.2 Å². The Morgan fingerprint density at radius 2 is 1.93 bits per heavy atom. The van der Waals surface area contributed by atoms with Crippen LogP contribution in [0.5, 0.6) is 0 Å². The van der Waals surface area contributed by atoms with Crippen LogP contribution in [0.25, 0.3) is 0 Å². The molecule has 1 fully saturated rings. The molecule has 0 bridgehead atoms. The third kappa shape index (κ3) is 5.38. The summed E-state index contributed by atoms with van der Waals surface area (Å²) in [6.45, 7) is 7.15. The van der Waals surface area contributed by atoms with E-state index in [0.717, 1.165) is 19.3 Å². The minimum Gasteiger partial charge on any atom is -0.466 e. The van der Waals surface area contributed by atoms with Crippen molar-refractivity contribution in [2.24, 2.45) is 23.7 Å². The first-order chi connectivity index (χ1) is 14.0. The number of carbonyl (C=O) groups is 3. The molecule has 0 unspecified atom stereocenters. The van der Waals surface area contributed by atoms with Gasteiger partial charge < -0.3 is 20.1 Å². The van der Waals surface area contributed by atoms with Crippen molar-refractivity contribution in [1.29, 1.82) is 0 Å². The predicted molar refractivity (Wildman–Crippen MR) is 110 cm³/mol. The van der Waals surface area contributed by atoms with Gasteiger partial charge in [0.2, 0.25) is 11.8 Å². The average Bonchev–Trinajstić information content (AvgIpc) is 2.97. The summed E-state index contributed by atoms with van der Waals surface area (Å²) in [4.78, 5) is 40.7. The average molecular weight is 409 g/mol. The fourth-order valence-corrected chi connectivity index (χ4v) is 4.49. The van der Waals surface area contributed by atoms with E-state index in [-0.39, 0.29) is 42.8 Å². The Kier molecular flexibility index (Phi) is 9.14. The predicted octanol–water partition coefficient (Wildman–Crippen LogP) is 1.89. The standard InChI is InChI=1S/C22H36N2O5/c1-4-6-12-23-20(26)19-16-11-10-15(3)17(22(28)29-5-2)18(16)21(27)24(19)13-8-7-9-14-25/h10-11,15-19,25H,4-9,12-14H2,1-3H3,(H,23,26)/t15-,16+,17-,18-,19+/m1/s1. The maximum atomic E-state index is 13.4. The van der Waals surface area contributed by atoms with Crippen molar-refractivity contribution in [1.82, 2.24) is 10.2 Å². The lowest BCUT2D eigenvalue weighted by molar-refractivity contribution is -0.155. The van der Waals surface area contributed by atoms with Gasteiger partial charge in [-0.2, -0.15) is 0 Å². The molecule has 5 atom stereocenters. The fraction of sp³-hybridized carbons (Fsp3) is 0.773. The molecule has 1 aliphatic heterocycles. The second-order valence-corrected chi connectivity index (χ2v) is 8.03. The van der Waals surface area contributed by atoms with E-state index in [1.54, 1.807) is 11.8 Å². The summed E-state index contributed by atoms with van der Waals surface area (Å²) >= 11 is 0. The molecule has 1 aliphatic carbocycles. The minimum atomic E-state index is -0.598. The van der Waals surface area contributed by atoms with Gasteiger partial charge in [-0.1, -0.05) is 32.4 Å². The zero-order valence-corrected chi connectivity index (χ0v) is 17.9. The van der Waals surface area contributed by atoms with Crippen molar-refractivity contribution < 1.29 is 24.2 Å². The first kappa shape index (κ1) is 23.4. The molecular weight excluding hydrogens is 372 g/mol. The van der Waals surface area contributed by atoms with Crippen LogP contribution in [0, 0.1) is 23.7 Å². The molecule has 2 amide bonds. The molecule has 0 radical (unpaired) electrons. The highest BCUT2D eigenvalue weighted by molar-refractivity contribution is 5.96. The van der Waals surface area contributed by atoms with E-state index in [0.29, 0.717) is 25.9 Å². The van der Waals surface area contributed by atoms with E-state index in [4.69, 9.17) is 9.84 Å². The minimum absolute atomic E-state index is 0.114. The van der Waals surface area contributed by atoms with Gasteiger partial charge in [-0.05, 0) is 38.5 Å². The topological polar surface area (TPSA) is 95.9 Å². The molecule has 2 aliphatic rings. The summed E-state index contributed by atoms with van der Waals surface area (Å²) in [6, 6.07) is -0.598. The van der Waals surface area contributed by atoms with Gasteiger partial charge in [0.1, 0.15) is 6.04 Å². The number of amides is 2. The van der Waals surface area contributed by atoms with Gasteiger partial charge >= 0.3 is 5.97 Å². The maximum absolute atomic E-state index is 13.4. The Hall–Kier alpha value is -1.89. The molecule has 7 heteroatoms. The largest absolute Gasteiger partial charge is 0.466 e. The number of hydrogen-bond donors (Lipinski definition) is 2. The molecule has 0 aromatic carbocycles. The highest BCUT2D eigenvalue weighted by Gasteiger charge is 2.56. The lowest BCUT2D eigenvalue weighted by Crippen LogP contribution is -2.47. The number of aliphatic hydroxyl groups is 1. The number of likely N-dealkylation sites (tertiary alicyclic amines) is 1. The molecule has 2 N–H and O–H groups in total. The summed E-state index contributed by atoms with van der Waals surface area (Å²) in [5.74, 6) is -2.21. The van der Waals surface area contributed by atoms with E-state index >= 15 is 0 Å². The second kappa shape index (κ2) is 11.3. The van der Waals surface area contributed by atoms with Crippen LogP contribution in [-0.2, 0) is 19.1 Å². The zero-order valence-electron chi connectivity index (χ0n) is 17.9. The third-order valence-corrected chi connectivity index (χ3v) is 5.99. The first-order valence-corrected chi connectivity index (χ1v) is 11.0. The number of allylic oxidation sites excluding steroid dienone is 1. The molecule has 164 valence electrons. The van der Waals surface area contributed by atoms with Crippen molar-refractivity contribution in [3.63, 3.8) is 0 Å². The van der Waals surface area contributed by atoms with Gasteiger partial charge in [0.25, 0.3) is 0 Å². The monoisotopic (exact) mass is 408 g/mol. The summed E-state index contributed by atoms with van der Waals surface area (Å²) < 4.78 is 5.26. The van der Waals surface area contributed by atoms with Crippen LogP contribution in [0.3, 0.4) is 0 Å². The Bertz CT molecular complexity index is 606. The van der Waals surface area contributed by atoms with Crippen LogP contribution in [-0.4, -0.2) is 60.1 Å². The third-order valence-electron chi connectivity index (χ3n) is 5.99. The number of hydrogen-bond acceptors (Lipinski definition) is 5. The van der Waals surface area contributed by atoms with Gasteiger partial charge in [0.05, 0.1) is 18.4 Å². The van der Waals surface area contributed by atoms with Crippen LogP contribution < -0.4 is 5.32 Å². The molecule has 2 rings (SSSR count). The highest BCUT2D eigenvalue weighted by atomic mass is 16.5.